The number of halogens is 2. The summed E-state index contributed by atoms with van der Waals surface area (Å²) in [6.07, 6.45) is 0. The molecular weight excluding hydrogens is 428 g/mol. The third kappa shape index (κ3) is 2.86. The van der Waals surface area contributed by atoms with Crippen LogP contribution in [0.25, 0.3) is 16.7 Å². The minimum atomic E-state index is -0.719. The van der Waals surface area contributed by atoms with Crippen molar-refractivity contribution < 1.29 is 4.42 Å². The van der Waals surface area contributed by atoms with Crippen LogP contribution in [0.1, 0.15) is 0 Å². The number of aromatic nitrogens is 1. The number of fused-ring (bicyclic) bond motifs is 1. The Balaban J connectivity index is 2.30. The first-order valence-electron chi connectivity index (χ1n) is 6.71. The Morgan fingerprint density at radius 3 is 2.30 bits per heavy atom. The molecule has 0 aliphatic rings. The highest BCUT2D eigenvalue weighted by Crippen LogP contribution is 2.26. The zero-order valence-electron chi connectivity index (χ0n) is 12.3. The molecule has 0 aliphatic heterocycles. The smallest absolute Gasteiger partial charge is 0.408 e. The maximum Gasteiger partial charge on any atom is 0.427 e. The molecule has 7 heteroatoms. The van der Waals surface area contributed by atoms with Crippen LogP contribution in [0.15, 0.2) is 59.3 Å². The summed E-state index contributed by atoms with van der Waals surface area (Å²) in [7, 11) is 3.83. The Hall–Kier alpha value is -1.86. The van der Waals surface area contributed by atoms with Gasteiger partial charge in [0.25, 0.3) is 5.56 Å². The minimum absolute atomic E-state index is 0.240. The van der Waals surface area contributed by atoms with E-state index in [1.807, 2.05) is 31.1 Å². The molecule has 0 atom stereocenters. The molecule has 2 aromatic carbocycles. The van der Waals surface area contributed by atoms with Gasteiger partial charge in [-0.3, -0.25) is 4.79 Å². The Kier molecular flexibility index (Phi) is 4.16. The van der Waals surface area contributed by atoms with E-state index in [1.54, 1.807) is 24.3 Å². The van der Waals surface area contributed by atoms with Gasteiger partial charge in [-0.05, 0) is 52.3 Å². The van der Waals surface area contributed by atoms with E-state index in [2.05, 4.69) is 31.9 Å². The topological polar surface area (TPSA) is 55.5 Å². The molecule has 3 rings (SSSR count). The predicted molar refractivity (Wildman–Crippen MR) is 97.8 cm³/mol. The number of hydrogen-bond acceptors (Lipinski definition) is 4. The van der Waals surface area contributed by atoms with E-state index in [9.17, 15) is 9.59 Å². The van der Waals surface area contributed by atoms with E-state index in [4.69, 9.17) is 4.42 Å². The second-order valence-corrected chi connectivity index (χ2v) is 6.95. The van der Waals surface area contributed by atoms with Crippen LogP contribution < -0.4 is 16.2 Å². The first-order chi connectivity index (χ1) is 10.9. The maximum absolute atomic E-state index is 12.7. The van der Waals surface area contributed by atoms with Crippen molar-refractivity contribution in [1.29, 1.82) is 0 Å². The fourth-order valence-electron chi connectivity index (χ4n) is 2.28. The molecule has 0 N–H and O–H groups in total. The second kappa shape index (κ2) is 5.98. The van der Waals surface area contributed by atoms with E-state index < -0.39 is 11.3 Å². The van der Waals surface area contributed by atoms with Gasteiger partial charge in [-0.15, -0.1) is 0 Å². The molecular formula is C16H12Br2N2O3. The summed E-state index contributed by atoms with van der Waals surface area (Å²) in [5.41, 5.74) is 1.25. The van der Waals surface area contributed by atoms with Crippen LogP contribution in [-0.4, -0.2) is 18.7 Å². The highest BCUT2D eigenvalue weighted by molar-refractivity contribution is 9.11. The van der Waals surface area contributed by atoms with Crippen LogP contribution in [0, 0.1) is 0 Å². The molecule has 0 unspecified atom stereocenters. The third-order valence-electron chi connectivity index (χ3n) is 3.44. The van der Waals surface area contributed by atoms with Crippen molar-refractivity contribution >= 4 is 48.5 Å². The quantitative estimate of drug-likeness (QED) is 0.612. The SMILES string of the molecule is CN(C)c1ccc(-n2c(=O)oc3c(Br)cc(Br)cc3c2=O)cc1. The molecule has 0 radical (unpaired) electrons. The highest BCUT2D eigenvalue weighted by Gasteiger charge is 2.14. The van der Waals surface area contributed by atoms with Gasteiger partial charge in [0.2, 0.25) is 0 Å². The van der Waals surface area contributed by atoms with Crippen LogP contribution >= 0.6 is 31.9 Å². The van der Waals surface area contributed by atoms with Crippen molar-refractivity contribution in [3.05, 3.63) is 66.2 Å². The van der Waals surface area contributed by atoms with Crippen molar-refractivity contribution in [2.75, 3.05) is 19.0 Å². The lowest BCUT2D eigenvalue weighted by atomic mass is 10.2. The average molecular weight is 440 g/mol. The number of nitrogens with zero attached hydrogens (tertiary/aromatic N) is 2. The standard InChI is InChI=1S/C16H12Br2N2O3/c1-19(2)10-3-5-11(6-4-10)20-15(21)12-7-9(17)8-13(18)14(12)23-16(20)22/h3-8H,1-2H3. The molecule has 0 amide bonds. The monoisotopic (exact) mass is 438 g/mol. The fourth-order valence-corrected chi connectivity index (χ4v) is 3.59. The van der Waals surface area contributed by atoms with Crippen LogP contribution in [0.4, 0.5) is 5.69 Å². The van der Waals surface area contributed by atoms with E-state index in [0.29, 0.717) is 15.5 Å². The van der Waals surface area contributed by atoms with Crippen LogP contribution in [0.3, 0.4) is 0 Å². The maximum atomic E-state index is 12.7. The summed E-state index contributed by atoms with van der Waals surface area (Å²) in [5, 5.41) is 0.322. The molecule has 118 valence electrons. The van der Waals surface area contributed by atoms with Crippen molar-refractivity contribution in [3.63, 3.8) is 0 Å². The Morgan fingerprint density at radius 2 is 1.70 bits per heavy atom. The van der Waals surface area contributed by atoms with Crippen molar-refractivity contribution in [1.82, 2.24) is 4.57 Å². The predicted octanol–water partition coefficient (Wildman–Crippen LogP) is 3.53. The van der Waals surface area contributed by atoms with Crippen LogP contribution in [0.2, 0.25) is 0 Å². The van der Waals surface area contributed by atoms with Gasteiger partial charge in [0.15, 0.2) is 5.58 Å². The average Bonchev–Trinajstić information content (AvgIpc) is 2.49. The van der Waals surface area contributed by atoms with Crippen molar-refractivity contribution in [2.45, 2.75) is 0 Å². The molecule has 1 aromatic heterocycles. The van der Waals surface area contributed by atoms with Gasteiger partial charge < -0.3 is 9.32 Å². The molecule has 23 heavy (non-hydrogen) atoms. The molecule has 0 saturated carbocycles. The lowest BCUT2D eigenvalue weighted by Crippen LogP contribution is -2.31. The third-order valence-corrected chi connectivity index (χ3v) is 4.49. The number of hydrogen-bond donors (Lipinski definition) is 0. The zero-order chi connectivity index (χ0) is 16.7. The molecule has 1 heterocycles. The van der Waals surface area contributed by atoms with Gasteiger partial charge >= 0.3 is 5.76 Å². The fraction of sp³-hybridized carbons (Fsp3) is 0.125. The molecule has 5 nitrogen and oxygen atoms in total. The number of benzene rings is 2. The lowest BCUT2D eigenvalue weighted by Gasteiger charge is -2.13. The first kappa shape index (κ1) is 16.0. The lowest BCUT2D eigenvalue weighted by molar-refractivity contribution is 0.502. The van der Waals surface area contributed by atoms with E-state index in [0.717, 1.165) is 14.7 Å². The van der Waals surface area contributed by atoms with Crippen LogP contribution in [0.5, 0.6) is 0 Å². The second-order valence-electron chi connectivity index (χ2n) is 5.18. The first-order valence-corrected chi connectivity index (χ1v) is 8.30. The largest absolute Gasteiger partial charge is 0.427 e. The molecule has 0 saturated heterocycles. The van der Waals surface area contributed by atoms with Gasteiger partial charge in [-0.25, -0.2) is 9.36 Å². The molecule has 0 aliphatic carbocycles. The minimum Gasteiger partial charge on any atom is -0.408 e. The molecule has 0 bridgehead atoms. The highest BCUT2D eigenvalue weighted by atomic mass is 79.9. The van der Waals surface area contributed by atoms with Gasteiger partial charge in [-0.1, -0.05) is 15.9 Å². The summed E-state index contributed by atoms with van der Waals surface area (Å²) in [6.45, 7) is 0. The van der Waals surface area contributed by atoms with Gasteiger partial charge in [0, 0.05) is 24.3 Å². The summed E-state index contributed by atoms with van der Waals surface area (Å²) >= 11 is 6.64. The number of anilines is 1. The van der Waals surface area contributed by atoms with Crippen LogP contribution in [-0.2, 0) is 0 Å². The molecule has 0 spiro atoms. The summed E-state index contributed by atoms with van der Waals surface area (Å²) in [5.74, 6) is -0.719. The van der Waals surface area contributed by atoms with E-state index in [-0.39, 0.29) is 5.58 Å². The Labute approximate surface area is 148 Å². The zero-order valence-corrected chi connectivity index (χ0v) is 15.5. The number of rotatable bonds is 2. The molecule has 0 fully saturated rings. The summed E-state index contributed by atoms with van der Waals surface area (Å²) < 4.78 is 7.62. The van der Waals surface area contributed by atoms with E-state index >= 15 is 0 Å². The normalized spacial score (nSPS) is 11.0. The Bertz CT molecular complexity index is 1000. The van der Waals surface area contributed by atoms with Gasteiger partial charge in [-0.2, -0.15) is 0 Å². The summed E-state index contributed by atoms with van der Waals surface area (Å²) in [6, 6.07) is 10.5. The Morgan fingerprint density at radius 1 is 1.04 bits per heavy atom. The van der Waals surface area contributed by atoms with E-state index in [1.165, 1.54) is 0 Å². The van der Waals surface area contributed by atoms with Gasteiger partial charge in [0.1, 0.15) is 0 Å². The summed E-state index contributed by atoms with van der Waals surface area (Å²) in [4.78, 5) is 26.9. The molecule has 3 aromatic rings. The van der Waals surface area contributed by atoms with Crippen molar-refractivity contribution in [2.24, 2.45) is 0 Å². The van der Waals surface area contributed by atoms with Crippen molar-refractivity contribution in [3.8, 4) is 5.69 Å². The van der Waals surface area contributed by atoms with Gasteiger partial charge in [0.05, 0.1) is 15.5 Å².